The highest BCUT2D eigenvalue weighted by atomic mass is 32.2. The highest BCUT2D eigenvalue weighted by molar-refractivity contribution is 7.98. The molecule has 26 heavy (non-hydrogen) atoms. The van der Waals surface area contributed by atoms with Crippen molar-refractivity contribution in [3.8, 4) is 5.69 Å². The molecule has 0 saturated heterocycles. The first kappa shape index (κ1) is 18.6. The Labute approximate surface area is 159 Å². The molecular formula is C20H25N5S. The summed E-state index contributed by atoms with van der Waals surface area (Å²) >= 11 is 1.67. The summed E-state index contributed by atoms with van der Waals surface area (Å²) in [5.41, 5.74) is 2.20. The van der Waals surface area contributed by atoms with E-state index in [2.05, 4.69) is 39.0 Å². The molecule has 0 amide bonds. The predicted molar refractivity (Wildman–Crippen MR) is 106 cm³/mol. The Balaban J connectivity index is 1.46. The molecule has 3 aromatic heterocycles. The van der Waals surface area contributed by atoms with E-state index in [1.165, 1.54) is 0 Å². The quantitative estimate of drug-likeness (QED) is 0.556. The molecule has 0 N–H and O–H groups in total. The molecule has 136 valence electrons. The van der Waals surface area contributed by atoms with E-state index < -0.39 is 0 Å². The number of rotatable bonds is 8. The maximum Gasteiger partial charge on any atom is 0.128 e. The Bertz CT molecular complexity index is 811. The highest BCUT2D eigenvalue weighted by Crippen LogP contribution is 2.16. The lowest BCUT2D eigenvalue weighted by Crippen LogP contribution is -2.04. The van der Waals surface area contributed by atoms with Crippen LogP contribution in [-0.4, -0.2) is 30.8 Å². The third kappa shape index (κ3) is 4.91. The summed E-state index contributed by atoms with van der Waals surface area (Å²) < 4.78 is 2.04. The van der Waals surface area contributed by atoms with Gasteiger partial charge in [0.2, 0.25) is 0 Å². The van der Waals surface area contributed by atoms with Gasteiger partial charge in [0.1, 0.15) is 11.6 Å². The lowest BCUT2D eigenvalue weighted by atomic mass is 9.98. The summed E-state index contributed by atoms with van der Waals surface area (Å²) in [5, 5.41) is 0. The van der Waals surface area contributed by atoms with Crippen LogP contribution < -0.4 is 0 Å². The number of hydrogen-bond donors (Lipinski definition) is 0. The number of aryl methyl sites for hydroxylation is 3. The summed E-state index contributed by atoms with van der Waals surface area (Å²) in [6.07, 6.45) is 15.7. The van der Waals surface area contributed by atoms with Gasteiger partial charge in [0, 0.05) is 41.8 Å². The zero-order chi connectivity index (χ0) is 18.4. The second-order valence-electron chi connectivity index (χ2n) is 6.57. The van der Waals surface area contributed by atoms with E-state index in [9.17, 15) is 0 Å². The lowest BCUT2D eigenvalue weighted by Gasteiger charge is -2.11. The molecule has 0 bridgehead atoms. The van der Waals surface area contributed by atoms with E-state index in [0.29, 0.717) is 5.92 Å². The predicted octanol–water partition coefficient (Wildman–Crippen LogP) is 4.29. The van der Waals surface area contributed by atoms with Gasteiger partial charge >= 0.3 is 0 Å². The molecule has 0 fully saturated rings. The summed E-state index contributed by atoms with van der Waals surface area (Å²) in [6.45, 7) is 4.29. The molecule has 0 radical (unpaired) electrons. The average Bonchev–Trinajstić information content (AvgIpc) is 3.11. The number of imidazole rings is 1. The van der Waals surface area contributed by atoms with Crippen LogP contribution in [0.4, 0.5) is 0 Å². The van der Waals surface area contributed by atoms with Crippen molar-refractivity contribution in [1.29, 1.82) is 0 Å². The minimum atomic E-state index is 0.621. The van der Waals surface area contributed by atoms with E-state index in [-0.39, 0.29) is 0 Å². The van der Waals surface area contributed by atoms with Gasteiger partial charge in [-0.05, 0) is 50.5 Å². The van der Waals surface area contributed by atoms with Crippen LogP contribution in [0.15, 0.2) is 48.0 Å². The third-order valence-corrected chi connectivity index (χ3v) is 5.27. The Kier molecular flexibility index (Phi) is 6.39. The molecule has 6 heteroatoms. The van der Waals surface area contributed by atoms with Crippen molar-refractivity contribution in [3.63, 3.8) is 0 Å². The molecule has 1 unspecified atom stereocenters. The number of hydrogen-bond acceptors (Lipinski definition) is 5. The van der Waals surface area contributed by atoms with E-state index in [1.54, 1.807) is 11.8 Å². The fraction of sp³-hybridized carbons (Fsp3) is 0.400. The number of aromatic nitrogens is 5. The average molecular weight is 368 g/mol. The van der Waals surface area contributed by atoms with Crippen LogP contribution in [0.3, 0.4) is 0 Å². The lowest BCUT2D eigenvalue weighted by molar-refractivity contribution is 0.484. The van der Waals surface area contributed by atoms with Gasteiger partial charge in [-0.15, -0.1) is 11.8 Å². The number of pyridine rings is 1. The third-order valence-electron chi connectivity index (χ3n) is 4.58. The molecule has 0 aliphatic heterocycles. The molecular weight excluding hydrogens is 342 g/mol. The van der Waals surface area contributed by atoms with E-state index in [1.807, 2.05) is 48.7 Å². The Morgan fingerprint density at radius 1 is 1.00 bits per heavy atom. The zero-order valence-corrected chi connectivity index (χ0v) is 16.4. The summed E-state index contributed by atoms with van der Waals surface area (Å²) in [4.78, 5) is 18.8. The first-order chi connectivity index (χ1) is 12.7. The minimum Gasteiger partial charge on any atom is -0.302 e. The SMILES string of the molecule is CSc1cnc(CCC(C)CCc2ccc(-n3ccnc3C)cn2)nc1. The topological polar surface area (TPSA) is 56.5 Å². The van der Waals surface area contributed by atoms with Gasteiger partial charge in [0.05, 0.1) is 11.9 Å². The van der Waals surface area contributed by atoms with Crippen molar-refractivity contribution < 1.29 is 0 Å². The van der Waals surface area contributed by atoms with Crippen LogP contribution in [0.25, 0.3) is 5.69 Å². The van der Waals surface area contributed by atoms with Gasteiger partial charge in [-0.3, -0.25) is 4.98 Å². The second kappa shape index (κ2) is 8.94. The van der Waals surface area contributed by atoms with Crippen molar-refractivity contribution in [3.05, 3.63) is 60.5 Å². The standard InChI is InChI=1S/C20H25N5S/c1-15(5-9-20-23-13-19(26-3)14-24-20)4-6-17-7-8-18(12-22-17)25-11-10-21-16(25)2/h7-8,10-15H,4-6,9H2,1-3H3. The molecule has 0 aliphatic rings. The van der Waals surface area contributed by atoms with Crippen LogP contribution in [0.1, 0.15) is 37.1 Å². The van der Waals surface area contributed by atoms with Crippen molar-refractivity contribution >= 4 is 11.8 Å². The maximum atomic E-state index is 4.61. The van der Waals surface area contributed by atoms with Gasteiger partial charge < -0.3 is 4.57 Å². The van der Waals surface area contributed by atoms with Crippen LogP contribution in [0.5, 0.6) is 0 Å². The fourth-order valence-electron chi connectivity index (χ4n) is 2.85. The van der Waals surface area contributed by atoms with Crippen molar-refractivity contribution in [2.24, 2.45) is 5.92 Å². The van der Waals surface area contributed by atoms with Gasteiger partial charge in [-0.2, -0.15) is 0 Å². The molecule has 3 heterocycles. The Morgan fingerprint density at radius 2 is 1.77 bits per heavy atom. The molecule has 3 rings (SSSR count). The molecule has 0 spiro atoms. The Hall–Kier alpha value is -2.21. The van der Waals surface area contributed by atoms with Crippen LogP contribution in [0.2, 0.25) is 0 Å². The molecule has 0 aromatic carbocycles. The van der Waals surface area contributed by atoms with E-state index >= 15 is 0 Å². The van der Waals surface area contributed by atoms with Crippen LogP contribution >= 0.6 is 11.8 Å². The molecule has 3 aromatic rings. The maximum absolute atomic E-state index is 4.61. The van der Waals surface area contributed by atoms with Crippen molar-refractivity contribution in [2.75, 3.05) is 6.26 Å². The minimum absolute atomic E-state index is 0.621. The molecule has 0 saturated carbocycles. The van der Waals surface area contributed by atoms with E-state index in [0.717, 1.165) is 53.6 Å². The van der Waals surface area contributed by atoms with Gasteiger partial charge in [-0.1, -0.05) is 6.92 Å². The Morgan fingerprint density at radius 3 is 2.38 bits per heavy atom. The normalized spacial score (nSPS) is 12.3. The first-order valence-corrected chi connectivity index (χ1v) is 10.2. The number of thioether (sulfide) groups is 1. The zero-order valence-electron chi connectivity index (χ0n) is 15.6. The second-order valence-corrected chi connectivity index (χ2v) is 7.45. The van der Waals surface area contributed by atoms with Crippen LogP contribution in [-0.2, 0) is 12.8 Å². The van der Waals surface area contributed by atoms with Gasteiger partial charge in [-0.25, -0.2) is 15.0 Å². The van der Waals surface area contributed by atoms with Gasteiger partial charge in [0.15, 0.2) is 0 Å². The van der Waals surface area contributed by atoms with Crippen LogP contribution in [0, 0.1) is 12.8 Å². The van der Waals surface area contributed by atoms with Crippen molar-refractivity contribution in [2.45, 2.75) is 44.4 Å². The summed E-state index contributed by atoms with van der Waals surface area (Å²) in [5.74, 6) is 2.53. The highest BCUT2D eigenvalue weighted by Gasteiger charge is 2.07. The monoisotopic (exact) mass is 367 g/mol. The summed E-state index contributed by atoms with van der Waals surface area (Å²) in [7, 11) is 0. The molecule has 0 aliphatic carbocycles. The fourth-order valence-corrected chi connectivity index (χ4v) is 3.17. The van der Waals surface area contributed by atoms with Crippen molar-refractivity contribution in [1.82, 2.24) is 24.5 Å². The molecule has 5 nitrogen and oxygen atoms in total. The van der Waals surface area contributed by atoms with Gasteiger partial charge in [0.25, 0.3) is 0 Å². The first-order valence-electron chi connectivity index (χ1n) is 8.96. The summed E-state index contributed by atoms with van der Waals surface area (Å²) in [6, 6.07) is 4.23. The molecule has 1 atom stereocenters. The smallest absolute Gasteiger partial charge is 0.128 e. The van der Waals surface area contributed by atoms with E-state index in [4.69, 9.17) is 0 Å². The number of nitrogens with zero attached hydrogens (tertiary/aromatic N) is 5. The largest absolute Gasteiger partial charge is 0.302 e.